The minimum atomic E-state index is -0.0644. The maximum atomic E-state index is 13.2. The van der Waals surface area contributed by atoms with Crippen LogP contribution in [0.2, 0.25) is 5.02 Å². The highest BCUT2D eigenvalue weighted by molar-refractivity contribution is 6.30. The van der Waals surface area contributed by atoms with Crippen molar-refractivity contribution in [1.82, 2.24) is 15.3 Å². The summed E-state index contributed by atoms with van der Waals surface area (Å²) in [6, 6.07) is 16.0. The van der Waals surface area contributed by atoms with E-state index in [1.807, 2.05) is 47.4 Å². The molecule has 3 heterocycles. The predicted octanol–water partition coefficient (Wildman–Crippen LogP) is 3.72. The van der Waals surface area contributed by atoms with Crippen molar-refractivity contribution >= 4 is 34.7 Å². The summed E-state index contributed by atoms with van der Waals surface area (Å²) in [7, 11) is 0. The number of nitrogen functional groups attached to an aromatic ring is 1. The second-order valence-electron chi connectivity index (χ2n) is 8.91. The van der Waals surface area contributed by atoms with E-state index in [0.717, 1.165) is 68.1 Å². The first-order chi connectivity index (χ1) is 16.6. The minimum absolute atomic E-state index is 0.0644. The molecule has 34 heavy (non-hydrogen) atoms. The lowest BCUT2D eigenvalue weighted by Crippen LogP contribution is -2.43. The lowest BCUT2D eigenvalue weighted by Gasteiger charge is -2.33. The molecule has 2 aromatic carbocycles. The molecule has 0 spiro atoms. The van der Waals surface area contributed by atoms with Gasteiger partial charge < -0.3 is 20.9 Å². The van der Waals surface area contributed by atoms with Gasteiger partial charge in [0.2, 0.25) is 0 Å². The summed E-state index contributed by atoms with van der Waals surface area (Å²) in [6.45, 7) is 3.32. The molecule has 7 nitrogen and oxygen atoms in total. The number of aromatic nitrogens is 2. The van der Waals surface area contributed by atoms with E-state index in [0.29, 0.717) is 23.3 Å². The maximum Gasteiger partial charge on any atom is 0.277 e. The Bertz CT molecular complexity index is 1180. The van der Waals surface area contributed by atoms with Crippen molar-refractivity contribution in [3.8, 4) is 0 Å². The fraction of sp³-hybridized carbons (Fsp3) is 0.346. The molecule has 8 heteroatoms. The monoisotopic (exact) mass is 476 g/mol. The molecule has 3 aromatic rings. The van der Waals surface area contributed by atoms with Crippen LogP contribution in [0.15, 0.2) is 54.9 Å². The van der Waals surface area contributed by atoms with Crippen LogP contribution in [0.1, 0.15) is 34.5 Å². The van der Waals surface area contributed by atoms with Crippen LogP contribution < -0.4 is 20.9 Å². The lowest BCUT2D eigenvalue weighted by atomic mass is 10.0. The zero-order valence-electron chi connectivity index (χ0n) is 19.1. The molecule has 2 aliphatic rings. The van der Waals surface area contributed by atoms with Gasteiger partial charge in [-0.1, -0.05) is 29.8 Å². The van der Waals surface area contributed by atoms with Gasteiger partial charge in [0.25, 0.3) is 5.91 Å². The van der Waals surface area contributed by atoms with Gasteiger partial charge in [-0.3, -0.25) is 4.79 Å². The van der Waals surface area contributed by atoms with Gasteiger partial charge in [0.1, 0.15) is 17.8 Å². The largest absolute Gasteiger partial charge is 0.399 e. The summed E-state index contributed by atoms with van der Waals surface area (Å²) >= 11 is 6.09. The van der Waals surface area contributed by atoms with E-state index in [9.17, 15) is 4.79 Å². The standard InChI is InChI=1S/C26H29ClN6O/c27-20-5-6-22(28)19(15-20)7-11-29-21-9-12-32(13-10-21)25-16-23(30-17-31-25)26(34)33-14-8-18-3-1-2-4-24(18)33/h1-6,15-17,21,29H,7-14,28H2. The highest BCUT2D eigenvalue weighted by atomic mass is 35.5. The third-order valence-electron chi connectivity index (χ3n) is 6.76. The molecule has 1 aromatic heterocycles. The zero-order chi connectivity index (χ0) is 23.5. The van der Waals surface area contributed by atoms with E-state index in [-0.39, 0.29) is 5.91 Å². The highest BCUT2D eigenvalue weighted by Gasteiger charge is 2.27. The molecule has 2 aliphatic heterocycles. The van der Waals surface area contributed by atoms with Gasteiger partial charge >= 0.3 is 0 Å². The maximum absolute atomic E-state index is 13.2. The number of para-hydroxylation sites is 1. The summed E-state index contributed by atoms with van der Waals surface area (Å²) in [6.07, 6.45) is 5.26. The lowest BCUT2D eigenvalue weighted by molar-refractivity contribution is 0.0984. The summed E-state index contributed by atoms with van der Waals surface area (Å²) in [4.78, 5) is 26.0. The van der Waals surface area contributed by atoms with Crippen LogP contribution in [-0.4, -0.2) is 48.1 Å². The molecule has 0 bridgehead atoms. The fourth-order valence-electron chi connectivity index (χ4n) is 4.84. The first kappa shape index (κ1) is 22.6. The van der Waals surface area contributed by atoms with Crippen LogP contribution >= 0.6 is 11.6 Å². The number of halogens is 1. The molecule has 3 N–H and O–H groups in total. The number of anilines is 3. The topological polar surface area (TPSA) is 87.4 Å². The Morgan fingerprint density at radius 3 is 2.76 bits per heavy atom. The van der Waals surface area contributed by atoms with Crippen LogP contribution in [0, 0.1) is 0 Å². The molecule has 5 rings (SSSR count). The molecule has 1 amide bonds. The Morgan fingerprint density at radius 2 is 1.91 bits per heavy atom. The summed E-state index contributed by atoms with van der Waals surface area (Å²) < 4.78 is 0. The van der Waals surface area contributed by atoms with Crippen LogP contribution in [-0.2, 0) is 12.8 Å². The van der Waals surface area contributed by atoms with E-state index in [4.69, 9.17) is 17.3 Å². The second-order valence-corrected chi connectivity index (χ2v) is 9.34. The van der Waals surface area contributed by atoms with Crippen LogP contribution in [0.5, 0.6) is 0 Å². The second kappa shape index (κ2) is 9.99. The molecule has 176 valence electrons. The first-order valence-electron chi connectivity index (χ1n) is 11.8. The first-order valence-corrected chi connectivity index (χ1v) is 12.2. The predicted molar refractivity (Wildman–Crippen MR) is 137 cm³/mol. The van der Waals surface area contributed by atoms with Crippen molar-refractivity contribution in [3.05, 3.63) is 76.7 Å². The van der Waals surface area contributed by atoms with Gasteiger partial charge in [0.15, 0.2) is 0 Å². The molecule has 0 saturated carbocycles. The van der Waals surface area contributed by atoms with E-state index >= 15 is 0 Å². The van der Waals surface area contributed by atoms with E-state index in [1.165, 1.54) is 11.9 Å². The van der Waals surface area contributed by atoms with Crippen LogP contribution in [0.3, 0.4) is 0 Å². The number of nitrogens with zero attached hydrogens (tertiary/aromatic N) is 4. The molecular formula is C26H29ClN6O. The number of benzene rings is 2. The summed E-state index contributed by atoms with van der Waals surface area (Å²) in [5, 5.41) is 4.36. The van der Waals surface area contributed by atoms with Gasteiger partial charge in [0.05, 0.1) is 0 Å². The number of hydrogen-bond donors (Lipinski definition) is 2. The number of amides is 1. The number of carbonyl (C=O) groups excluding carboxylic acids is 1. The summed E-state index contributed by atoms with van der Waals surface area (Å²) in [5.41, 5.74) is 10.6. The third kappa shape index (κ3) is 4.86. The Kier molecular flexibility index (Phi) is 6.65. The quantitative estimate of drug-likeness (QED) is 0.527. The van der Waals surface area contributed by atoms with Crippen molar-refractivity contribution in [3.63, 3.8) is 0 Å². The third-order valence-corrected chi connectivity index (χ3v) is 6.99. The molecular weight excluding hydrogens is 448 g/mol. The number of hydrogen-bond acceptors (Lipinski definition) is 6. The Morgan fingerprint density at radius 1 is 1.09 bits per heavy atom. The van der Waals surface area contributed by atoms with Gasteiger partial charge in [-0.05, 0) is 67.6 Å². The number of piperidine rings is 1. The van der Waals surface area contributed by atoms with E-state index in [1.54, 1.807) is 0 Å². The van der Waals surface area contributed by atoms with Gasteiger partial charge in [0, 0.05) is 48.1 Å². The zero-order valence-corrected chi connectivity index (χ0v) is 19.8. The minimum Gasteiger partial charge on any atom is -0.399 e. The van der Waals surface area contributed by atoms with Crippen molar-refractivity contribution in [1.29, 1.82) is 0 Å². The van der Waals surface area contributed by atoms with Gasteiger partial charge in [-0.15, -0.1) is 0 Å². The number of rotatable bonds is 6. The normalized spacial score (nSPS) is 16.0. The smallest absolute Gasteiger partial charge is 0.277 e. The van der Waals surface area contributed by atoms with E-state index < -0.39 is 0 Å². The van der Waals surface area contributed by atoms with Crippen LogP contribution in [0.4, 0.5) is 17.2 Å². The van der Waals surface area contributed by atoms with Crippen molar-refractivity contribution in [2.75, 3.05) is 41.7 Å². The molecule has 0 atom stereocenters. The van der Waals surface area contributed by atoms with E-state index in [2.05, 4.69) is 26.3 Å². The molecule has 0 unspecified atom stereocenters. The Hall–Kier alpha value is -3.16. The Balaban J connectivity index is 1.15. The Labute approximate surface area is 204 Å². The number of nitrogens with two attached hydrogens (primary N) is 1. The number of nitrogens with one attached hydrogen (secondary N) is 1. The highest BCUT2D eigenvalue weighted by Crippen LogP contribution is 2.29. The average Bonchev–Trinajstić information content (AvgIpc) is 3.30. The van der Waals surface area contributed by atoms with Crippen molar-refractivity contribution in [2.45, 2.75) is 31.7 Å². The molecule has 0 aliphatic carbocycles. The van der Waals surface area contributed by atoms with Crippen molar-refractivity contribution < 1.29 is 4.79 Å². The van der Waals surface area contributed by atoms with Crippen molar-refractivity contribution in [2.24, 2.45) is 0 Å². The molecule has 1 saturated heterocycles. The van der Waals surface area contributed by atoms with Crippen LogP contribution in [0.25, 0.3) is 0 Å². The average molecular weight is 477 g/mol. The van der Waals surface area contributed by atoms with Gasteiger partial charge in [-0.25, -0.2) is 9.97 Å². The number of fused-ring (bicyclic) bond motifs is 1. The molecule has 0 radical (unpaired) electrons. The fourth-order valence-corrected chi connectivity index (χ4v) is 5.03. The number of carbonyl (C=O) groups is 1. The van der Waals surface area contributed by atoms with Gasteiger partial charge in [-0.2, -0.15) is 0 Å². The summed E-state index contributed by atoms with van der Waals surface area (Å²) in [5.74, 6) is 0.751. The SMILES string of the molecule is Nc1ccc(Cl)cc1CCNC1CCN(c2cc(C(=O)N3CCc4ccccc43)ncn2)CC1. The molecule has 1 fully saturated rings.